The Morgan fingerprint density at radius 2 is 1.83 bits per heavy atom. The van der Waals surface area contributed by atoms with Gasteiger partial charge in [0.2, 0.25) is 0 Å². The molecule has 0 atom stereocenters. The number of carbonyl (C=O) groups is 1. The summed E-state index contributed by atoms with van der Waals surface area (Å²) in [4.78, 5) is 15.5. The molecule has 1 aromatic heterocycles. The molecule has 0 radical (unpaired) electrons. The maximum Gasteiger partial charge on any atom is 0.335 e. The van der Waals surface area contributed by atoms with E-state index in [4.69, 9.17) is 16.7 Å². The normalized spacial score (nSPS) is 10.7. The van der Waals surface area contributed by atoms with Gasteiger partial charge in [0.15, 0.2) is 0 Å². The van der Waals surface area contributed by atoms with Gasteiger partial charge in [0.25, 0.3) is 0 Å². The quantitative estimate of drug-likeness (QED) is 0.715. The van der Waals surface area contributed by atoms with Crippen molar-refractivity contribution >= 4 is 39.8 Å². The molecule has 0 aliphatic heterocycles. The number of nitrogens with one attached hydrogen (secondary N) is 1. The molecule has 4 nitrogen and oxygen atoms in total. The molecule has 116 valence electrons. The number of aromatic nitrogens is 1. The number of benzene rings is 2. The van der Waals surface area contributed by atoms with Crippen molar-refractivity contribution in [3.63, 3.8) is 0 Å². The van der Waals surface area contributed by atoms with Gasteiger partial charge in [0.1, 0.15) is 0 Å². The molecule has 3 rings (SSSR count). The second-order valence-corrected chi connectivity index (χ2v) is 5.79. The molecular weight excluding hydrogens is 312 g/mol. The Hall–Kier alpha value is -2.59. The summed E-state index contributed by atoms with van der Waals surface area (Å²) in [5.41, 5.74) is 4.67. The predicted molar refractivity (Wildman–Crippen MR) is 92.9 cm³/mol. The van der Waals surface area contributed by atoms with Crippen LogP contribution in [0.15, 0.2) is 42.5 Å². The highest BCUT2D eigenvalue weighted by atomic mass is 35.5. The second-order valence-electron chi connectivity index (χ2n) is 5.39. The molecule has 2 N–H and O–H groups in total. The van der Waals surface area contributed by atoms with Crippen molar-refractivity contribution in [2.45, 2.75) is 13.8 Å². The molecule has 0 fully saturated rings. The number of rotatable bonds is 3. The van der Waals surface area contributed by atoms with Crippen LogP contribution in [0.4, 0.5) is 11.4 Å². The van der Waals surface area contributed by atoms with Crippen LogP contribution in [0.25, 0.3) is 10.9 Å². The molecule has 0 unspecified atom stereocenters. The van der Waals surface area contributed by atoms with Gasteiger partial charge in [-0.25, -0.2) is 4.79 Å². The van der Waals surface area contributed by atoms with Gasteiger partial charge in [-0.15, -0.1) is 0 Å². The third kappa shape index (κ3) is 2.98. The molecule has 0 aliphatic carbocycles. The molecule has 5 heteroatoms. The number of aromatic carboxylic acids is 1. The smallest absolute Gasteiger partial charge is 0.335 e. The summed E-state index contributed by atoms with van der Waals surface area (Å²) in [5.74, 6) is -0.938. The van der Waals surface area contributed by atoms with Gasteiger partial charge in [-0.1, -0.05) is 11.6 Å². The molecule has 1 heterocycles. The van der Waals surface area contributed by atoms with Gasteiger partial charge in [-0.2, -0.15) is 0 Å². The van der Waals surface area contributed by atoms with Gasteiger partial charge in [-0.3, -0.25) is 4.98 Å². The van der Waals surface area contributed by atoms with Crippen LogP contribution >= 0.6 is 11.6 Å². The van der Waals surface area contributed by atoms with E-state index in [2.05, 4.69) is 10.3 Å². The molecule has 0 saturated heterocycles. The Bertz CT molecular complexity index is 905. The first-order valence-corrected chi connectivity index (χ1v) is 7.50. The summed E-state index contributed by atoms with van der Waals surface area (Å²) in [6.07, 6.45) is 0. The van der Waals surface area contributed by atoms with Crippen molar-refractivity contribution in [1.82, 2.24) is 4.98 Å². The first-order valence-electron chi connectivity index (χ1n) is 7.12. The molecule has 0 spiro atoms. The van der Waals surface area contributed by atoms with Crippen LogP contribution in [0.3, 0.4) is 0 Å². The average molecular weight is 327 g/mol. The number of carboxylic acid groups (broad SMARTS) is 1. The fourth-order valence-electron chi connectivity index (χ4n) is 2.49. The van der Waals surface area contributed by atoms with E-state index in [1.807, 2.05) is 32.0 Å². The average Bonchev–Trinajstić information content (AvgIpc) is 2.52. The van der Waals surface area contributed by atoms with Crippen LogP contribution in [-0.4, -0.2) is 16.1 Å². The maximum absolute atomic E-state index is 10.9. The maximum atomic E-state index is 10.9. The largest absolute Gasteiger partial charge is 0.478 e. The van der Waals surface area contributed by atoms with Crippen LogP contribution in [0.1, 0.15) is 21.6 Å². The summed E-state index contributed by atoms with van der Waals surface area (Å²) in [6, 6.07) is 12.4. The molecule has 2 aromatic carbocycles. The zero-order chi connectivity index (χ0) is 16.6. The van der Waals surface area contributed by atoms with Crippen LogP contribution in [-0.2, 0) is 0 Å². The molecule has 0 bridgehead atoms. The monoisotopic (exact) mass is 326 g/mol. The summed E-state index contributed by atoms with van der Waals surface area (Å²) < 4.78 is 0. The number of halogens is 1. The SMILES string of the molecule is Cc1cc(Nc2ccc(C(=O)O)cc2)c2ccc(Cl)c(C)c2n1. The van der Waals surface area contributed by atoms with Crippen molar-refractivity contribution in [3.05, 3.63) is 64.3 Å². The third-order valence-corrected chi connectivity index (χ3v) is 4.12. The van der Waals surface area contributed by atoms with Crippen LogP contribution < -0.4 is 5.32 Å². The lowest BCUT2D eigenvalue weighted by atomic mass is 10.1. The zero-order valence-corrected chi connectivity index (χ0v) is 13.5. The topological polar surface area (TPSA) is 62.2 Å². The van der Waals surface area contributed by atoms with Crippen LogP contribution in [0, 0.1) is 13.8 Å². The van der Waals surface area contributed by atoms with E-state index in [-0.39, 0.29) is 5.56 Å². The lowest BCUT2D eigenvalue weighted by Crippen LogP contribution is -1.98. The van der Waals surface area contributed by atoms with E-state index in [0.29, 0.717) is 5.02 Å². The third-order valence-electron chi connectivity index (χ3n) is 3.71. The van der Waals surface area contributed by atoms with Crippen molar-refractivity contribution in [2.24, 2.45) is 0 Å². The lowest BCUT2D eigenvalue weighted by Gasteiger charge is -2.13. The van der Waals surface area contributed by atoms with E-state index in [0.717, 1.165) is 33.5 Å². The standard InChI is InChI=1S/C18H15ClN2O2/c1-10-9-16(14-7-8-15(19)11(2)17(14)20-10)21-13-5-3-12(4-6-13)18(22)23/h3-9H,1-2H3,(H,20,21)(H,22,23). The summed E-state index contributed by atoms with van der Waals surface area (Å²) in [6.45, 7) is 3.88. The number of hydrogen-bond acceptors (Lipinski definition) is 3. The van der Waals surface area contributed by atoms with Crippen molar-refractivity contribution in [1.29, 1.82) is 0 Å². The summed E-state index contributed by atoms with van der Waals surface area (Å²) >= 11 is 6.18. The number of anilines is 2. The number of nitrogens with zero attached hydrogens (tertiary/aromatic N) is 1. The Kier molecular flexibility index (Phi) is 3.92. The number of hydrogen-bond donors (Lipinski definition) is 2. The fraction of sp³-hybridized carbons (Fsp3) is 0.111. The molecular formula is C18H15ClN2O2. The van der Waals surface area contributed by atoms with Crippen molar-refractivity contribution < 1.29 is 9.90 Å². The first-order chi connectivity index (χ1) is 11.0. The lowest BCUT2D eigenvalue weighted by molar-refractivity contribution is 0.0697. The van der Waals surface area contributed by atoms with E-state index in [9.17, 15) is 4.79 Å². The molecule has 0 amide bonds. The van der Waals surface area contributed by atoms with Crippen LogP contribution in [0.5, 0.6) is 0 Å². The van der Waals surface area contributed by atoms with E-state index in [1.54, 1.807) is 24.3 Å². The van der Waals surface area contributed by atoms with Gasteiger partial charge in [-0.05, 0) is 61.9 Å². The van der Waals surface area contributed by atoms with E-state index in [1.165, 1.54) is 0 Å². The van der Waals surface area contributed by atoms with Crippen molar-refractivity contribution in [3.8, 4) is 0 Å². The summed E-state index contributed by atoms with van der Waals surface area (Å²) in [5, 5.41) is 13.9. The van der Waals surface area contributed by atoms with E-state index >= 15 is 0 Å². The minimum Gasteiger partial charge on any atom is -0.478 e. The Balaban J connectivity index is 2.06. The van der Waals surface area contributed by atoms with Gasteiger partial charge in [0.05, 0.1) is 11.1 Å². The van der Waals surface area contributed by atoms with E-state index < -0.39 is 5.97 Å². The summed E-state index contributed by atoms with van der Waals surface area (Å²) in [7, 11) is 0. The highest BCUT2D eigenvalue weighted by molar-refractivity contribution is 6.32. The molecule has 3 aromatic rings. The molecule has 0 aliphatic rings. The van der Waals surface area contributed by atoms with Gasteiger partial charge >= 0.3 is 5.97 Å². The molecule has 23 heavy (non-hydrogen) atoms. The number of aryl methyl sites for hydroxylation is 2. The number of carboxylic acids is 1. The highest BCUT2D eigenvalue weighted by Gasteiger charge is 2.09. The number of fused-ring (bicyclic) bond motifs is 1. The second kappa shape index (κ2) is 5.89. The Morgan fingerprint density at radius 1 is 1.13 bits per heavy atom. The minimum absolute atomic E-state index is 0.258. The predicted octanol–water partition coefficient (Wildman–Crippen LogP) is 4.95. The highest BCUT2D eigenvalue weighted by Crippen LogP contribution is 2.31. The Labute approximate surface area is 138 Å². The zero-order valence-electron chi connectivity index (χ0n) is 12.7. The number of pyridine rings is 1. The molecule has 0 saturated carbocycles. The Morgan fingerprint density at radius 3 is 2.48 bits per heavy atom. The first kappa shape index (κ1) is 15.3. The minimum atomic E-state index is -0.938. The van der Waals surface area contributed by atoms with Gasteiger partial charge < -0.3 is 10.4 Å². The van der Waals surface area contributed by atoms with Crippen LogP contribution in [0.2, 0.25) is 5.02 Å². The fourth-order valence-corrected chi connectivity index (χ4v) is 2.64. The van der Waals surface area contributed by atoms with Gasteiger partial charge in [0, 0.05) is 27.5 Å². The van der Waals surface area contributed by atoms with Crippen molar-refractivity contribution in [2.75, 3.05) is 5.32 Å².